The zero-order valence-corrected chi connectivity index (χ0v) is 9.67. The summed E-state index contributed by atoms with van der Waals surface area (Å²) in [7, 11) is 0. The van der Waals surface area contributed by atoms with Gasteiger partial charge in [-0.05, 0) is 25.5 Å². The first-order valence-electron chi connectivity index (χ1n) is 4.49. The lowest BCUT2D eigenvalue weighted by molar-refractivity contribution is 1.01. The summed E-state index contributed by atoms with van der Waals surface area (Å²) in [5.74, 6) is 0. The summed E-state index contributed by atoms with van der Waals surface area (Å²) >= 11 is 6.96. The molecule has 0 amide bonds. The predicted octanol–water partition coefficient (Wildman–Crippen LogP) is 4.21. The molecule has 70 valence electrons. The topological polar surface area (TPSA) is 0 Å². The van der Waals surface area contributed by atoms with E-state index in [2.05, 4.69) is 38.1 Å². The van der Waals surface area contributed by atoms with Crippen LogP contribution in [0.25, 0.3) is 0 Å². The Morgan fingerprint density at radius 3 is 2.85 bits per heavy atom. The molecule has 0 radical (unpaired) electrons. The molecule has 0 aliphatic heterocycles. The molecule has 0 fully saturated rings. The fourth-order valence-electron chi connectivity index (χ4n) is 1.07. The van der Waals surface area contributed by atoms with Crippen LogP contribution in [0.5, 0.6) is 0 Å². The minimum atomic E-state index is 1.04. The minimum Gasteiger partial charge on any atom is -0.0828 e. The van der Waals surface area contributed by atoms with Crippen LogP contribution in [0.1, 0.15) is 25.3 Å². The lowest BCUT2D eigenvalue weighted by Crippen LogP contribution is -1.86. The SMILES string of the molecule is CCCC(=S)Sc1cccc(C)c1. The Kier molecular flexibility index (Phi) is 4.46. The zero-order valence-electron chi connectivity index (χ0n) is 8.04. The highest BCUT2D eigenvalue weighted by atomic mass is 32.2. The van der Waals surface area contributed by atoms with Crippen molar-refractivity contribution >= 4 is 28.2 Å². The van der Waals surface area contributed by atoms with E-state index in [4.69, 9.17) is 12.2 Å². The number of aryl methyl sites for hydroxylation is 1. The van der Waals surface area contributed by atoms with Crippen LogP contribution >= 0.6 is 24.0 Å². The van der Waals surface area contributed by atoms with Crippen molar-refractivity contribution in [3.8, 4) is 0 Å². The Morgan fingerprint density at radius 1 is 1.46 bits per heavy atom. The van der Waals surface area contributed by atoms with Crippen LogP contribution < -0.4 is 0 Å². The van der Waals surface area contributed by atoms with Crippen molar-refractivity contribution in [2.24, 2.45) is 0 Å². The van der Waals surface area contributed by atoms with Crippen LogP contribution in [-0.2, 0) is 0 Å². The molecule has 0 atom stereocenters. The second kappa shape index (κ2) is 5.40. The van der Waals surface area contributed by atoms with E-state index in [1.807, 2.05) is 0 Å². The highest BCUT2D eigenvalue weighted by Gasteiger charge is 1.98. The molecule has 0 saturated heterocycles. The second-order valence-corrected chi connectivity index (χ2v) is 4.96. The van der Waals surface area contributed by atoms with Crippen molar-refractivity contribution in [3.05, 3.63) is 29.8 Å². The molecular weight excluding hydrogens is 196 g/mol. The van der Waals surface area contributed by atoms with E-state index >= 15 is 0 Å². The fourth-order valence-corrected chi connectivity index (χ4v) is 2.52. The first-order valence-corrected chi connectivity index (χ1v) is 5.72. The predicted molar refractivity (Wildman–Crippen MR) is 64.5 cm³/mol. The van der Waals surface area contributed by atoms with Crippen LogP contribution in [0.15, 0.2) is 29.2 Å². The second-order valence-electron chi connectivity index (χ2n) is 3.04. The van der Waals surface area contributed by atoms with Gasteiger partial charge in [-0.25, -0.2) is 0 Å². The van der Waals surface area contributed by atoms with Gasteiger partial charge in [-0.15, -0.1) is 0 Å². The maximum Gasteiger partial charge on any atom is 0.0527 e. The summed E-state index contributed by atoms with van der Waals surface area (Å²) in [6, 6.07) is 8.46. The third-order valence-electron chi connectivity index (χ3n) is 1.68. The van der Waals surface area contributed by atoms with Crippen molar-refractivity contribution < 1.29 is 0 Å². The van der Waals surface area contributed by atoms with Gasteiger partial charge in [0.15, 0.2) is 0 Å². The number of rotatable bonds is 3. The Labute approximate surface area is 89.7 Å². The normalized spacial score (nSPS) is 10.0. The maximum atomic E-state index is 5.24. The molecule has 0 saturated carbocycles. The van der Waals surface area contributed by atoms with Gasteiger partial charge in [0.1, 0.15) is 0 Å². The number of hydrogen-bond acceptors (Lipinski definition) is 2. The molecule has 0 aliphatic carbocycles. The largest absolute Gasteiger partial charge is 0.0828 e. The Morgan fingerprint density at radius 2 is 2.23 bits per heavy atom. The van der Waals surface area contributed by atoms with Gasteiger partial charge in [0.05, 0.1) is 4.20 Å². The summed E-state index contributed by atoms with van der Waals surface area (Å²) in [6.45, 7) is 4.26. The molecule has 0 heterocycles. The molecule has 0 N–H and O–H groups in total. The molecule has 0 aromatic heterocycles. The van der Waals surface area contributed by atoms with Crippen molar-refractivity contribution in [2.45, 2.75) is 31.6 Å². The quantitative estimate of drug-likeness (QED) is 0.541. The number of thiocarbonyl (C=S) groups is 1. The van der Waals surface area contributed by atoms with Crippen LogP contribution in [0.4, 0.5) is 0 Å². The Hall–Kier alpha value is -0.340. The summed E-state index contributed by atoms with van der Waals surface area (Å²) in [4.78, 5) is 1.26. The molecule has 1 aromatic rings. The molecular formula is C11H14S2. The molecule has 0 bridgehead atoms. The first kappa shape index (κ1) is 10.7. The third-order valence-corrected chi connectivity index (χ3v) is 3.05. The lowest BCUT2D eigenvalue weighted by Gasteiger charge is -2.02. The highest BCUT2D eigenvalue weighted by molar-refractivity contribution is 8.23. The highest BCUT2D eigenvalue weighted by Crippen LogP contribution is 2.22. The van der Waals surface area contributed by atoms with Gasteiger partial charge >= 0.3 is 0 Å². The van der Waals surface area contributed by atoms with E-state index in [0.29, 0.717) is 0 Å². The number of thioether (sulfide) groups is 1. The first-order chi connectivity index (χ1) is 6.22. The fraction of sp³-hybridized carbons (Fsp3) is 0.364. The van der Waals surface area contributed by atoms with E-state index in [1.165, 1.54) is 10.5 Å². The average molecular weight is 210 g/mol. The van der Waals surface area contributed by atoms with Crippen LogP contribution in [-0.4, -0.2) is 4.20 Å². The molecule has 0 nitrogen and oxygen atoms in total. The molecule has 0 aliphatic rings. The summed E-state index contributed by atoms with van der Waals surface area (Å²) in [5.41, 5.74) is 1.30. The van der Waals surface area contributed by atoms with Crippen molar-refractivity contribution in [3.63, 3.8) is 0 Å². The standard InChI is InChI=1S/C11H14S2/c1-3-5-11(12)13-10-7-4-6-9(2)8-10/h4,6-8H,3,5H2,1-2H3. The summed E-state index contributed by atoms with van der Waals surface area (Å²) in [5, 5.41) is 0. The van der Waals surface area contributed by atoms with Gasteiger partial charge in [0, 0.05) is 4.90 Å². The van der Waals surface area contributed by atoms with E-state index in [-0.39, 0.29) is 0 Å². The third kappa shape index (κ3) is 3.92. The van der Waals surface area contributed by atoms with E-state index in [9.17, 15) is 0 Å². The van der Waals surface area contributed by atoms with Crippen LogP contribution in [0.3, 0.4) is 0 Å². The van der Waals surface area contributed by atoms with Crippen LogP contribution in [0.2, 0.25) is 0 Å². The summed E-state index contributed by atoms with van der Waals surface area (Å²) < 4.78 is 1.09. The van der Waals surface area contributed by atoms with Gasteiger partial charge in [-0.1, -0.05) is 55.0 Å². The van der Waals surface area contributed by atoms with Crippen molar-refractivity contribution in [1.82, 2.24) is 0 Å². The molecule has 1 rings (SSSR count). The van der Waals surface area contributed by atoms with Crippen molar-refractivity contribution in [1.29, 1.82) is 0 Å². The Balaban J connectivity index is 2.58. The van der Waals surface area contributed by atoms with Crippen LogP contribution in [0, 0.1) is 6.92 Å². The lowest BCUT2D eigenvalue weighted by atomic mass is 10.2. The van der Waals surface area contributed by atoms with E-state index in [0.717, 1.165) is 17.0 Å². The average Bonchev–Trinajstić information content (AvgIpc) is 2.04. The molecule has 0 spiro atoms. The molecule has 2 heteroatoms. The Bertz CT molecular complexity index is 292. The molecule has 1 aromatic carbocycles. The van der Waals surface area contributed by atoms with Crippen molar-refractivity contribution in [2.75, 3.05) is 0 Å². The molecule has 0 unspecified atom stereocenters. The van der Waals surface area contributed by atoms with Gasteiger partial charge in [0.25, 0.3) is 0 Å². The van der Waals surface area contributed by atoms with E-state index < -0.39 is 0 Å². The van der Waals surface area contributed by atoms with Gasteiger partial charge in [-0.2, -0.15) is 0 Å². The zero-order chi connectivity index (χ0) is 9.68. The smallest absolute Gasteiger partial charge is 0.0527 e. The summed E-state index contributed by atoms with van der Waals surface area (Å²) in [6.07, 6.45) is 2.17. The van der Waals surface area contributed by atoms with Gasteiger partial charge in [0.2, 0.25) is 0 Å². The maximum absolute atomic E-state index is 5.24. The monoisotopic (exact) mass is 210 g/mol. The number of hydrogen-bond donors (Lipinski definition) is 0. The number of benzene rings is 1. The molecule has 13 heavy (non-hydrogen) atoms. The minimum absolute atomic E-state index is 1.04. The van der Waals surface area contributed by atoms with Gasteiger partial charge < -0.3 is 0 Å². The van der Waals surface area contributed by atoms with E-state index in [1.54, 1.807) is 11.8 Å². The van der Waals surface area contributed by atoms with Gasteiger partial charge in [-0.3, -0.25) is 0 Å².